The summed E-state index contributed by atoms with van der Waals surface area (Å²) in [4.78, 5) is 0. The zero-order chi connectivity index (χ0) is 9.35. The maximum Gasteiger partial charge on any atom is 0.166 e. The molecule has 0 aliphatic heterocycles. The first-order chi connectivity index (χ1) is 5.47. The molecule has 0 fully saturated rings. The third-order valence-corrected chi connectivity index (χ3v) is 1.89. The summed E-state index contributed by atoms with van der Waals surface area (Å²) in [7, 11) is 1.81. The summed E-state index contributed by atoms with van der Waals surface area (Å²) in [6.07, 6.45) is 5.15. The summed E-state index contributed by atoms with van der Waals surface area (Å²) >= 11 is 0. The molecule has 1 atom stereocenters. The van der Waals surface area contributed by atoms with Gasteiger partial charge >= 0.3 is 0 Å². The molecule has 0 unspecified atom stereocenters. The van der Waals surface area contributed by atoms with Crippen LogP contribution < -0.4 is 0 Å². The number of hydrogen-bond donors (Lipinski definition) is 1. The fraction of sp³-hybridized carbons (Fsp3) is 0.444. The van der Waals surface area contributed by atoms with Gasteiger partial charge in [0.25, 0.3) is 0 Å². The van der Waals surface area contributed by atoms with Crippen molar-refractivity contribution in [1.29, 1.82) is 0 Å². The molecular weight excluding hydrogens is 152 g/mol. The van der Waals surface area contributed by atoms with E-state index in [1.165, 1.54) is 0 Å². The first-order valence-corrected chi connectivity index (χ1v) is 3.68. The molecule has 0 aliphatic carbocycles. The van der Waals surface area contributed by atoms with E-state index in [2.05, 4.69) is 11.0 Å². The van der Waals surface area contributed by atoms with E-state index in [1.807, 2.05) is 14.0 Å². The van der Waals surface area contributed by atoms with Crippen molar-refractivity contribution in [2.24, 2.45) is 7.05 Å². The highest BCUT2D eigenvalue weighted by atomic mass is 16.3. The maximum atomic E-state index is 9.62. The average molecular weight is 164 g/mol. The van der Waals surface area contributed by atoms with Crippen LogP contribution in [0.2, 0.25) is 0 Å². The van der Waals surface area contributed by atoms with Crippen LogP contribution in [0.4, 0.5) is 0 Å². The standard InChI is InChI=1S/C9H12N2O/c1-5-9(3,12)8-6-7(2)11(4)10-8/h1,6,12H,2-4H3/t9-/m1/s1. The molecule has 1 heterocycles. The van der Waals surface area contributed by atoms with Gasteiger partial charge in [-0.3, -0.25) is 4.68 Å². The number of rotatable bonds is 1. The minimum Gasteiger partial charge on any atom is -0.372 e. The molecule has 3 nitrogen and oxygen atoms in total. The molecule has 0 saturated heterocycles. The Bertz CT molecular complexity index is 311. The average Bonchev–Trinajstić information content (AvgIpc) is 2.33. The smallest absolute Gasteiger partial charge is 0.166 e. The molecule has 1 aromatic heterocycles. The first-order valence-electron chi connectivity index (χ1n) is 3.68. The third kappa shape index (κ3) is 1.34. The van der Waals surface area contributed by atoms with Crippen LogP contribution in [0.1, 0.15) is 18.3 Å². The quantitative estimate of drug-likeness (QED) is 0.616. The predicted molar refractivity (Wildman–Crippen MR) is 46.3 cm³/mol. The van der Waals surface area contributed by atoms with Gasteiger partial charge in [0, 0.05) is 12.7 Å². The van der Waals surface area contributed by atoms with E-state index in [4.69, 9.17) is 6.42 Å². The SMILES string of the molecule is C#C[C@@](C)(O)c1cc(C)n(C)n1. The van der Waals surface area contributed by atoms with Crippen LogP contribution in [0.15, 0.2) is 6.07 Å². The second-order valence-corrected chi connectivity index (χ2v) is 3.01. The van der Waals surface area contributed by atoms with Gasteiger partial charge in [-0.1, -0.05) is 5.92 Å². The van der Waals surface area contributed by atoms with Crippen LogP contribution in [-0.4, -0.2) is 14.9 Å². The molecule has 64 valence electrons. The normalized spacial score (nSPS) is 15.2. The van der Waals surface area contributed by atoms with Gasteiger partial charge in [0.2, 0.25) is 0 Å². The highest BCUT2D eigenvalue weighted by Crippen LogP contribution is 2.17. The largest absolute Gasteiger partial charge is 0.372 e. The predicted octanol–water partition coefficient (Wildman–Crippen LogP) is 0.569. The van der Waals surface area contributed by atoms with Gasteiger partial charge in [-0.15, -0.1) is 6.42 Å². The van der Waals surface area contributed by atoms with Crippen LogP contribution in [0.25, 0.3) is 0 Å². The fourth-order valence-electron chi connectivity index (χ4n) is 0.872. The Morgan fingerprint density at radius 2 is 2.33 bits per heavy atom. The lowest BCUT2D eigenvalue weighted by molar-refractivity contribution is 0.116. The lowest BCUT2D eigenvalue weighted by Crippen LogP contribution is -2.19. The molecule has 1 aromatic rings. The topological polar surface area (TPSA) is 38.0 Å². The summed E-state index contributed by atoms with van der Waals surface area (Å²) in [6, 6.07) is 1.78. The zero-order valence-corrected chi connectivity index (χ0v) is 7.50. The summed E-state index contributed by atoms with van der Waals surface area (Å²) in [5, 5.41) is 13.7. The maximum absolute atomic E-state index is 9.62. The van der Waals surface area contributed by atoms with Gasteiger partial charge in [0.05, 0.1) is 0 Å². The van der Waals surface area contributed by atoms with E-state index >= 15 is 0 Å². The molecule has 1 N–H and O–H groups in total. The lowest BCUT2D eigenvalue weighted by Gasteiger charge is -2.11. The van der Waals surface area contributed by atoms with Gasteiger partial charge in [-0.2, -0.15) is 5.10 Å². The molecule has 0 aliphatic rings. The van der Waals surface area contributed by atoms with Crippen LogP contribution in [0.3, 0.4) is 0 Å². The van der Waals surface area contributed by atoms with Gasteiger partial charge in [0.15, 0.2) is 5.60 Å². The van der Waals surface area contributed by atoms with Crippen molar-refractivity contribution in [3.05, 3.63) is 17.5 Å². The van der Waals surface area contributed by atoms with Crippen LogP contribution in [0, 0.1) is 19.3 Å². The molecular formula is C9H12N2O. The second kappa shape index (κ2) is 2.65. The van der Waals surface area contributed by atoms with E-state index < -0.39 is 5.60 Å². The van der Waals surface area contributed by atoms with Crippen LogP contribution in [0.5, 0.6) is 0 Å². The third-order valence-electron chi connectivity index (χ3n) is 1.89. The van der Waals surface area contributed by atoms with E-state index in [9.17, 15) is 5.11 Å². The summed E-state index contributed by atoms with van der Waals surface area (Å²) < 4.78 is 1.68. The van der Waals surface area contributed by atoms with Gasteiger partial charge in [0.1, 0.15) is 5.69 Å². The Morgan fingerprint density at radius 3 is 2.67 bits per heavy atom. The van der Waals surface area contributed by atoms with E-state index in [1.54, 1.807) is 17.7 Å². The number of terminal acetylenes is 1. The summed E-state index contributed by atoms with van der Waals surface area (Å²) in [6.45, 7) is 3.46. The van der Waals surface area contributed by atoms with Gasteiger partial charge in [-0.05, 0) is 19.9 Å². The van der Waals surface area contributed by atoms with E-state index in [0.29, 0.717) is 5.69 Å². The lowest BCUT2D eigenvalue weighted by atomic mass is 10.0. The summed E-state index contributed by atoms with van der Waals surface area (Å²) in [5.41, 5.74) is 0.233. The Hall–Kier alpha value is -1.27. The molecule has 3 heteroatoms. The van der Waals surface area contributed by atoms with Crippen molar-refractivity contribution >= 4 is 0 Å². The number of aromatic nitrogens is 2. The van der Waals surface area contributed by atoms with Gasteiger partial charge < -0.3 is 5.11 Å². The Kier molecular flexibility index (Phi) is 1.95. The molecule has 0 aromatic carbocycles. The fourth-order valence-corrected chi connectivity index (χ4v) is 0.872. The summed E-state index contributed by atoms with van der Waals surface area (Å²) in [5.74, 6) is 2.28. The van der Waals surface area contributed by atoms with Crippen molar-refractivity contribution in [2.45, 2.75) is 19.4 Å². The van der Waals surface area contributed by atoms with Crippen LogP contribution in [-0.2, 0) is 12.6 Å². The highest BCUT2D eigenvalue weighted by molar-refractivity contribution is 5.23. The monoisotopic (exact) mass is 164 g/mol. The van der Waals surface area contributed by atoms with Crippen molar-refractivity contribution in [3.8, 4) is 12.3 Å². The number of nitrogens with zero attached hydrogens (tertiary/aromatic N) is 2. The van der Waals surface area contributed by atoms with Crippen molar-refractivity contribution in [3.63, 3.8) is 0 Å². The minimum absolute atomic E-state index is 0.519. The van der Waals surface area contributed by atoms with E-state index in [-0.39, 0.29) is 0 Å². The van der Waals surface area contributed by atoms with Crippen molar-refractivity contribution < 1.29 is 5.11 Å². The first kappa shape index (κ1) is 8.82. The Labute approximate surface area is 72.0 Å². The van der Waals surface area contributed by atoms with E-state index in [0.717, 1.165) is 5.69 Å². The Balaban J connectivity index is 3.14. The number of hydrogen-bond acceptors (Lipinski definition) is 2. The zero-order valence-electron chi connectivity index (χ0n) is 7.50. The molecule has 0 radical (unpaired) electrons. The molecule has 0 bridgehead atoms. The Morgan fingerprint density at radius 1 is 1.75 bits per heavy atom. The highest BCUT2D eigenvalue weighted by Gasteiger charge is 2.23. The van der Waals surface area contributed by atoms with Crippen molar-refractivity contribution in [1.82, 2.24) is 9.78 Å². The number of aryl methyl sites for hydroxylation is 2. The second-order valence-electron chi connectivity index (χ2n) is 3.01. The van der Waals surface area contributed by atoms with Crippen molar-refractivity contribution in [2.75, 3.05) is 0 Å². The molecule has 0 amide bonds. The van der Waals surface area contributed by atoms with Gasteiger partial charge in [-0.25, -0.2) is 0 Å². The molecule has 0 saturated carbocycles. The number of aliphatic hydroxyl groups is 1. The molecule has 12 heavy (non-hydrogen) atoms. The minimum atomic E-state index is -1.26. The molecule has 1 rings (SSSR count). The van der Waals surface area contributed by atoms with Crippen LogP contribution >= 0.6 is 0 Å². The molecule has 0 spiro atoms.